The molecular formula is C82H158ClI5O13P3S+. The lowest BCUT2D eigenvalue weighted by molar-refractivity contribution is -0.147. The molecule has 1 rings (SSSR count). The zero-order chi connectivity index (χ0) is 82.0. The summed E-state index contributed by atoms with van der Waals surface area (Å²) in [5, 5.41) is 15.7. The van der Waals surface area contributed by atoms with Crippen molar-refractivity contribution in [2.24, 2.45) is 76.9 Å². The Hall–Kier alpha value is 0.450. The molecule has 23 heteroatoms. The van der Waals surface area contributed by atoms with Crippen molar-refractivity contribution >= 4 is 191 Å². The van der Waals surface area contributed by atoms with Crippen LogP contribution in [-0.2, 0) is 63.6 Å². The predicted molar refractivity (Wildman–Crippen MR) is 517 cm³/mol. The van der Waals surface area contributed by atoms with Crippen molar-refractivity contribution < 1.29 is 62.0 Å². The number of aldehydes is 2. The standard InChI is InChI=1S/C13H21IO2.C11H15IO2.C10H19I.C10H18.C9H17IO.C9H15IO.C8H17O5P.C8H16O.CH4O.3CH4.ClH.H2P2S/c1-9(11(3)8-12(4)14)6-7-10(2)13(15)16-5;1-7-4-5-10(14-11(7)13)8(2)6-9(3)12;1-5-6-8(2)9(3)7-10(4)11;1-5-7-9(3)10(4)8-6-2;2*1-7(4-5-11)8(2)6-9(3)10;1-5-12-14(10,13-6-2)7(3)8(9)11-4;1-4-5-7(2)8(3)6-9;1-2;;;;;1-2-3/h7-9,11H,6H2,1-5H3;4,6,8,10H,5H2,1-3H3;7-9H,5-6H2,1-4H3;9-10H,5,7H2,1-4H3;6-8,11H,4-5H2,1-3H3;5-8H,4H2,1-3H3;7H,5-6H2,1-4H3;6-8H,4-5H2,1-3H3;2H,1H3;3*1H4;1H;1H2/p+1/b10-7-,12-8+;9-6+;10-7+;;2*9-6+;;;;;;;;/t9-,11-;8-,10-;8-,9-;9-,10-;2*7-,8-;;7-,8-;;;;;;/m000000.0....../s1/i/hT. The van der Waals surface area contributed by atoms with Crippen molar-refractivity contribution in [3.63, 3.8) is 0 Å². The van der Waals surface area contributed by atoms with Crippen molar-refractivity contribution in [1.82, 2.24) is 0 Å². The number of carbonyl (C=O) groups excluding carboxylic acids is 5. The van der Waals surface area contributed by atoms with Crippen LogP contribution in [0.15, 0.2) is 71.6 Å². The maximum Gasteiger partial charge on any atom is 0.355 e. The van der Waals surface area contributed by atoms with E-state index in [1.807, 2.05) is 32.9 Å². The highest BCUT2D eigenvalue weighted by Crippen LogP contribution is 2.53. The van der Waals surface area contributed by atoms with Gasteiger partial charge < -0.3 is 43.1 Å². The minimum Gasteiger partial charge on any atom is -0.468 e. The van der Waals surface area contributed by atoms with Gasteiger partial charge in [0.1, 0.15) is 18.7 Å². The molecule has 1 aliphatic rings. The fourth-order valence-electron chi connectivity index (χ4n) is 8.77. The molecule has 0 aromatic rings. The summed E-state index contributed by atoms with van der Waals surface area (Å²) in [6, 6.07) is 0. The molecule has 0 fully saturated rings. The fraction of sp³-hybridized carbons (Fsp3) is 0.744. The van der Waals surface area contributed by atoms with E-state index in [4.69, 9.17) is 25.3 Å². The maximum absolute atomic E-state index is 12.0. The molecule has 0 aromatic carbocycles. The third-order valence-electron chi connectivity index (χ3n) is 16.4. The fourth-order valence-corrected chi connectivity index (χ4v) is 13.2. The summed E-state index contributed by atoms with van der Waals surface area (Å²) in [7, 11) is 2.49. The van der Waals surface area contributed by atoms with E-state index in [2.05, 4.69) is 317 Å². The highest BCUT2D eigenvalue weighted by atomic mass is 127. The molecule has 3 unspecified atom stereocenters. The molecule has 0 amide bonds. The van der Waals surface area contributed by atoms with Crippen LogP contribution in [0.4, 0.5) is 0 Å². The largest absolute Gasteiger partial charge is 0.468 e. The monoisotopic (exact) mass is 2150 g/mol. The first kappa shape index (κ1) is 132. The predicted octanol–water partition coefficient (Wildman–Crippen LogP) is 27.9. The van der Waals surface area contributed by atoms with Gasteiger partial charge in [0.15, 0.2) is 24.5 Å². The molecular weight excluding hydrogens is 1990 g/mol. The number of aliphatic hydroxyl groups is 2. The quantitative estimate of drug-likeness (QED) is 0.0123. The van der Waals surface area contributed by atoms with E-state index in [9.17, 15) is 28.5 Å². The van der Waals surface area contributed by atoms with E-state index in [0.29, 0.717) is 71.9 Å². The van der Waals surface area contributed by atoms with Crippen LogP contribution in [-0.4, -0.2) is 94.9 Å². The maximum atomic E-state index is 12.0. The lowest BCUT2D eigenvalue weighted by Gasteiger charge is -2.24. The van der Waals surface area contributed by atoms with Crippen molar-refractivity contribution in [2.45, 2.75) is 285 Å². The zero-order valence-corrected chi connectivity index (χ0v) is 84.0. The summed E-state index contributed by atoms with van der Waals surface area (Å²) in [5.74, 6) is 12.4. The molecule has 1 aliphatic heterocycles. The number of aliphatic hydroxyl groups excluding tert-OH is 2. The van der Waals surface area contributed by atoms with Gasteiger partial charge in [0, 0.05) is 55.5 Å². The Morgan fingerprint density at radius 3 is 1.29 bits per heavy atom. The lowest BCUT2D eigenvalue weighted by atomic mass is 9.92. The number of esters is 3. The molecule has 2 N–H and O–H groups in total. The van der Waals surface area contributed by atoms with Crippen LogP contribution in [0.1, 0.15) is 273 Å². The number of carbonyl (C=O) groups is 5. The second-order valence-electron chi connectivity index (χ2n) is 25.7. The van der Waals surface area contributed by atoms with Crippen molar-refractivity contribution in [3.8, 4) is 11.8 Å². The molecule has 0 saturated carbocycles. The van der Waals surface area contributed by atoms with Gasteiger partial charge in [-0.25, -0.2) is 9.59 Å². The Morgan fingerprint density at radius 2 is 0.990 bits per heavy atom. The summed E-state index contributed by atoms with van der Waals surface area (Å²) in [6.07, 6.45) is 28.1. The zero-order valence-electron chi connectivity index (χ0n) is 69.6. The molecule has 1 heterocycles. The lowest BCUT2D eigenvalue weighted by Crippen LogP contribution is -2.27. The van der Waals surface area contributed by atoms with Crippen molar-refractivity contribution in [1.29, 1.82) is 1.28 Å². The van der Waals surface area contributed by atoms with Crippen LogP contribution in [0.5, 0.6) is 0 Å². The van der Waals surface area contributed by atoms with E-state index < -0.39 is 26.2 Å². The number of halogens is 6. The minimum absolute atomic E-state index is 0. The summed E-state index contributed by atoms with van der Waals surface area (Å²) in [6.45, 7) is 55.7. The van der Waals surface area contributed by atoms with Gasteiger partial charge in [0.05, 0.1) is 36.4 Å². The summed E-state index contributed by atoms with van der Waals surface area (Å²) in [4.78, 5) is 54.0. The van der Waals surface area contributed by atoms with E-state index in [1.165, 1.54) is 77.6 Å². The second kappa shape index (κ2) is 90.0. The average Bonchev–Trinajstić information content (AvgIpc) is 0.851. The molecule has 0 aliphatic carbocycles. The van der Waals surface area contributed by atoms with Gasteiger partial charge in [-0.05, 0) is 285 Å². The number of hydrogen-bond acceptors (Lipinski definition) is 14. The van der Waals surface area contributed by atoms with Gasteiger partial charge >= 0.3 is 26.8 Å². The second-order valence-corrected chi connectivity index (χ2v) is 39.4. The molecule has 17 atom stereocenters. The van der Waals surface area contributed by atoms with E-state index in [-0.39, 0.29) is 71.9 Å². The number of cyclic esters (lactones) is 1. The molecule has 0 saturated heterocycles. The highest BCUT2D eigenvalue weighted by Gasteiger charge is 2.38. The average molecular weight is 2150 g/mol. The third kappa shape index (κ3) is 86.7. The summed E-state index contributed by atoms with van der Waals surface area (Å²) >= 11 is 15.9. The first-order valence-electron chi connectivity index (χ1n) is 36.1. The number of methoxy groups -OCH3 is 2. The molecule has 0 bridgehead atoms. The van der Waals surface area contributed by atoms with Crippen LogP contribution in [0.3, 0.4) is 0 Å². The van der Waals surface area contributed by atoms with Gasteiger partial charge in [0.2, 0.25) is 0 Å². The van der Waals surface area contributed by atoms with Crippen LogP contribution < -0.4 is 0 Å². The van der Waals surface area contributed by atoms with E-state index >= 15 is 0 Å². The normalized spacial score (nSPS) is 16.8. The Labute approximate surface area is 733 Å². The van der Waals surface area contributed by atoms with Gasteiger partial charge in [-0.1, -0.05) is 208 Å². The molecule has 105 heavy (non-hydrogen) atoms. The van der Waals surface area contributed by atoms with Crippen molar-refractivity contribution in [3.05, 3.63) is 71.6 Å². The van der Waals surface area contributed by atoms with Crippen LogP contribution in [0.2, 0.25) is 0 Å². The van der Waals surface area contributed by atoms with Gasteiger partial charge in [-0.2, -0.15) is 0 Å². The Kier molecular flexibility index (Phi) is 113. The number of ether oxygens (including phenoxy) is 3. The third-order valence-corrected chi connectivity index (χ3v) is 20.6. The SMILES string of the molecule is C.C.C.C/C(I)=C\[C@H](C)[C@@H](C)CC=O.C/C(I)=C\[C@H](C)[C@@H](C)CCO.CC#C[C@H](C)[C@@H](C)CCC.CC1=CC[C@@H]([C@@H](C)/C=C(\C)I)OC1=O.CCC[C@H](C)[C@@H](C)/C=C(\C)I.CCC[C@H](C)[C@@H](C)C=O.CCOP(=O)(OCC)C(C)C(=O)OC.CO.COC(=O)/C(C)=C\C[C@H](C)[C@@H](C)/C=C(\C)I.Cl.[3H][P+](P)=S. The molecule has 13 nitrogen and oxygen atoms in total. The summed E-state index contributed by atoms with van der Waals surface area (Å²) in [5.41, 5.74) is 0.535. The number of allylic oxidation sites excluding steroid dienone is 10. The highest BCUT2D eigenvalue weighted by molar-refractivity contribution is 14.1. The topological polar surface area (TPSA) is 189 Å². The van der Waals surface area contributed by atoms with Gasteiger partial charge in [-0.15, -0.1) is 24.2 Å². The smallest absolute Gasteiger partial charge is 0.355 e. The number of hydrogen-bond donors (Lipinski definition) is 2. The minimum atomic E-state index is -3.36. The van der Waals surface area contributed by atoms with E-state index in [1.54, 1.807) is 27.7 Å². The van der Waals surface area contributed by atoms with E-state index in [0.717, 1.165) is 62.3 Å². The van der Waals surface area contributed by atoms with Crippen LogP contribution in [0, 0.1) is 88.8 Å². The molecule has 626 valence electrons. The molecule has 0 aromatic heterocycles. The Bertz CT molecular complexity index is 2460. The summed E-state index contributed by atoms with van der Waals surface area (Å²) < 4.78 is 49.4. The Balaban J connectivity index is -0.0000000838. The number of rotatable bonds is 32. The van der Waals surface area contributed by atoms with Crippen molar-refractivity contribution in [2.75, 3.05) is 41.2 Å². The molecule has 0 spiro atoms. The van der Waals surface area contributed by atoms with Gasteiger partial charge in [-0.3, -0.25) is 9.36 Å². The van der Waals surface area contributed by atoms with Crippen LogP contribution >= 0.6 is 149 Å². The first-order chi connectivity index (χ1) is 47.3. The molecule has 0 radical (unpaired) electrons. The Morgan fingerprint density at radius 1 is 0.648 bits per heavy atom. The van der Waals surface area contributed by atoms with Gasteiger partial charge in [0.25, 0.3) is 0 Å². The first-order valence-corrected chi connectivity index (χ1v) is 46.2. The van der Waals surface area contributed by atoms with Crippen LogP contribution in [0.25, 0.3) is 0 Å².